The van der Waals surface area contributed by atoms with E-state index in [4.69, 9.17) is 26.8 Å². The van der Waals surface area contributed by atoms with Crippen molar-refractivity contribution in [1.82, 2.24) is 5.43 Å². The third-order valence-corrected chi connectivity index (χ3v) is 3.24. The molecule has 5 nitrogen and oxygen atoms in total. The zero-order chi connectivity index (χ0) is 16.7. The Morgan fingerprint density at radius 2 is 2.04 bits per heavy atom. The summed E-state index contributed by atoms with van der Waals surface area (Å²) in [6.45, 7) is 0.356. The highest BCUT2D eigenvalue weighted by Crippen LogP contribution is 2.22. The van der Waals surface area contributed by atoms with Gasteiger partial charge in [0.1, 0.15) is 18.1 Å². The van der Waals surface area contributed by atoms with E-state index < -0.39 is 0 Å². The van der Waals surface area contributed by atoms with Crippen molar-refractivity contribution < 1.29 is 9.47 Å². The van der Waals surface area contributed by atoms with Gasteiger partial charge in [0, 0.05) is 10.6 Å². The summed E-state index contributed by atoms with van der Waals surface area (Å²) in [6.07, 6.45) is 1.62. The maximum Gasteiger partial charge on any atom is 0.184 e. The normalized spacial score (nSPS) is 10.5. The van der Waals surface area contributed by atoms with Crippen LogP contribution in [0.3, 0.4) is 0 Å². The fraction of sp³-hybridized carbons (Fsp3) is 0.125. The highest BCUT2D eigenvalue weighted by molar-refractivity contribution is 7.80. The molecule has 0 atom stereocenters. The minimum Gasteiger partial charge on any atom is -0.496 e. The van der Waals surface area contributed by atoms with Gasteiger partial charge in [0.2, 0.25) is 0 Å². The number of hydrogen-bond donors (Lipinski definition) is 2. The van der Waals surface area contributed by atoms with E-state index in [1.165, 1.54) is 0 Å². The lowest BCUT2D eigenvalue weighted by atomic mass is 10.1. The molecule has 0 saturated carbocycles. The minimum absolute atomic E-state index is 0.112. The molecule has 2 aromatic carbocycles. The molecule has 120 valence electrons. The molecule has 0 aromatic heterocycles. The van der Waals surface area contributed by atoms with Crippen molar-refractivity contribution in [2.75, 3.05) is 7.11 Å². The van der Waals surface area contributed by atoms with Crippen LogP contribution in [0.2, 0.25) is 5.02 Å². The molecule has 0 bridgehead atoms. The van der Waals surface area contributed by atoms with Crippen LogP contribution in [0, 0.1) is 0 Å². The second-order valence-corrected chi connectivity index (χ2v) is 5.42. The van der Waals surface area contributed by atoms with Crippen LogP contribution >= 0.6 is 23.8 Å². The summed E-state index contributed by atoms with van der Waals surface area (Å²) in [5.74, 6) is 1.46. The van der Waals surface area contributed by atoms with Gasteiger partial charge in [0.05, 0.1) is 13.3 Å². The Bertz CT molecular complexity index is 705. The van der Waals surface area contributed by atoms with Gasteiger partial charge in [0.15, 0.2) is 5.11 Å². The number of benzene rings is 2. The van der Waals surface area contributed by atoms with Crippen LogP contribution in [0.15, 0.2) is 47.6 Å². The van der Waals surface area contributed by atoms with E-state index in [2.05, 4.69) is 22.7 Å². The van der Waals surface area contributed by atoms with E-state index in [0.29, 0.717) is 11.6 Å². The molecule has 0 aliphatic rings. The number of halogens is 1. The Hall–Kier alpha value is -2.31. The van der Waals surface area contributed by atoms with Crippen LogP contribution in [0.5, 0.6) is 11.5 Å². The van der Waals surface area contributed by atoms with Gasteiger partial charge in [-0.25, -0.2) is 0 Å². The Balaban J connectivity index is 2.10. The van der Waals surface area contributed by atoms with Gasteiger partial charge >= 0.3 is 0 Å². The van der Waals surface area contributed by atoms with E-state index in [0.717, 1.165) is 22.6 Å². The Morgan fingerprint density at radius 1 is 1.30 bits per heavy atom. The first-order valence-corrected chi connectivity index (χ1v) is 7.51. The van der Waals surface area contributed by atoms with Crippen LogP contribution in [-0.2, 0) is 6.61 Å². The molecule has 0 fully saturated rings. The second kappa shape index (κ2) is 8.36. The van der Waals surface area contributed by atoms with Crippen LogP contribution in [0.25, 0.3) is 0 Å². The molecule has 0 spiro atoms. The van der Waals surface area contributed by atoms with Gasteiger partial charge < -0.3 is 15.2 Å². The van der Waals surface area contributed by atoms with Crippen molar-refractivity contribution in [3.05, 3.63) is 58.6 Å². The summed E-state index contributed by atoms with van der Waals surface area (Å²) in [5, 5.41) is 4.71. The van der Waals surface area contributed by atoms with Crippen LogP contribution in [-0.4, -0.2) is 18.4 Å². The van der Waals surface area contributed by atoms with Crippen molar-refractivity contribution in [3.63, 3.8) is 0 Å². The largest absolute Gasteiger partial charge is 0.496 e. The Kier molecular flexibility index (Phi) is 6.19. The first kappa shape index (κ1) is 17.1. The number of nitrogens with two attached hydrogens (primary N) is 1. The third-order valence-electron chi connectivity index (χ3n) is 2.90. The fourth-order valence-electron chi connectivity index (χ4n) is 1.85. The Morgan fingerprint density at radius 3 is 2.70 bits per heavy atom. The molecular weight excluding hydrogens is 334 g/mol. The highest BCUT2D eigenvalue weighted by Gasteiger charge is 2.05. The zero-order valence-corrected chi connectivity index (χ0v) is 14.0. The third kappa shape index (κ3) is 5.43. The number of hydrazone groups is 1. The average Bonchev–Trinajstić information content (AvgIpc) is 2.54. The van der Waals surface area contributed by atoms with Gasteiger partial charge in [-0.2, -0.15) is 5.10 Å². The molecule has 7 heteroatoms. The van der Waals surface area contributed by atoms with Gasteiger partial charge in [-0.15, -0.1) is 0 Å². The van der Waals surface area contributed by atoms with Crippen molar-refractivity contribution >= 4 is 35.1 Å². The maximum absolute atomic E-state index is 5.85. The average molecular weight is 350 g/mol. The lowest BCUT2D eigenvalue weighted by Crippen LogP contribution is -2.24. The number of methoxy groups -OCH3 is 1. The first-order valence-electron chi connectivity index (χ1n) is 6.72. The van der Waals surface area contributed by atoms with E-state index in [9.17, 15) is 0 Å². The first-order chi connectivity index (χ1) is 11.1. The summed E-state index contributed by atoms with van der Waals surface area (Å²) in [6, 6.07) is 12.8. The topological polar surface area (TPSA) is 68.9 Å². The summed E-state index contributed by atoms with van der Waals surface area (Å²) in [7, 11) is 1.61. The van der Waals surface area contributed by atoms with Gasteiger partial charge in [-0.05, 0) is 60.2 Å². The SMILES string of the molecule is COc1ccc(C=NNC(N)=S)cc1COc1ccc(Cl)cc1. The van der Waals surface area contributed by atoms with Crippen LogP contribution < -0.4 is 20.6 Å². The Labute approximate surface area is 145 Å². The van der Waals surface area contributed by atoms with Crippen molar-refractivity contribution in [2.24, 2.45) is 10.8 Å². The highest BCUT2D eigenvalue weighted by atomic mass is 35.5. The molecule has 2 aromatic rings. The van der Waals surface area contributed by atoms with E-state index in [1.54, 1.807) is 25.5 Å². The van der Waals surface area contributed by atoms with Crippen LogP contribution in [0.1, 0.15) is 11.1 Å². The summed E-state index contributed by atoms with van der Waals surface area (Å²) in [4.78, 5) is 0. The number of rotatable bonds is 6. The molecule has 23 heavy (non-hydrogen) atoms. The number of hydrogen-bond acceptors (Lipinski definition) is 4. The summed E-state index contributed by atoms with van der Waals surface area (Å²) < 4.78 is 11.1. The number of thiocarbonyl (C=S) groups is 1. The van der Waals surface area contributed by atoms with Crippen LogP contribution in [0.4, 0.5) is 0 Å². The molecule has 0 aliphatic heterocycles. The van der Waals surface area contributed by atoms with Gasteiger partial charge in [0.25, 0.3) is 0 Å². The van der Waals surface area contributed by atoms with Gasteiger partial charge in [-0.1, -0.05) is 11.6 Å². The molecular formula is C16H16ClN3O2S. The second-order valence-electron chi connectivity index (χ2n) is 4.55. The predicted octanol–water partition coefficient (Wildman–Crippen LogP) is 3.09. The number of nitrogens with zero attached hydrogens (tertiary/aromatic N) is 1. The van der Waals surface area contributed by atoms with Gasteiger partial charge in [-0.3, -0.25) is 5.43 Å². The maximum atomic E-state index is 5.85. The standard InChI is InChI=1S/C16H16ClN3O2S/c1-21-15-7-2-11(9-19-20-16(18)23)8-12(15)10-22-14-5-3-13(17)4-6-14/h2-9H,10H2,1H3,(H3,18,20,23). The molecule has 0 unspecified atom stereocenters. The molecule has 0 amide bonds. The van der Waals surface area contributed by atoms with E-state index >= 15 is 0 Å². The molecule has 2 rings (SSSR count). The number of nitrogens with one attached hydrogen (secondary N) is 1. The lowest BCUT2D eigenvalue weighted by molar-refractivity contribution is 0.296. The molecule has 3 N–H and O–H groups in total. The van der Waals surface area contributed by atoms with E-state index in [1.807, 2.05) is 30.3 Å². The van der Waals surface area contributed by atoms with Crippen molar-refractivity contribution in [3.8, 4) is 11.5 Å². The lowest BCUT2D eigenvalue weighted by Gasteiger charge is -2.11. The molecule has 0 radical (unpaired) electrons. The smallest absolute Gasteiger partial charge is 0.184 e. The predicted molar refractivity (Wildman–Crippen MR) is 96.3 cm³/mol. The molecule has 0 heterocycles. The minimum atomic E-state index is 0.112. The van der Waals surface area contributed by atoms with E-state index in [-0.39, 0.29) is 5.11 Å². The molecule has 0 aliphatic carbocycles. The summed E-state index contributed by atoms with van der Waals surface area (Å²) in [5.41, 5.74) is 9.58. The molecule has 0 saturated heterocycles. The number of ether oxygens (including phenoxy) is 2. The zero-order valence-electron chi connectivity index (χ0n) is 12.5. The monoisotopic (exact) mass is 349 g/mol. The van der Waals surface area contributed by atoms with Crippen molar-refractivity contribution in [1.29, 1.82) is 0 Å². The quantitative estimate of drug-likeness (QED) is 0.476. The van der Waals surface area contributed by atoms with Crippen molar-refractivity contribution in [2.45, 2.75) is 6.61 Å². The summed E-state index contributed by atoms with van der Waals surface area (Å²) >= 11 is 10.5. The fourth-order valence-corrected chi connectivity index (χ4v) is 2.03.